The summed E-state index contributed by atoms with van der Waals surface area (Å²) in [4.78, 5) is 0. The molecule has 0 amide bonds. The van der Waals surface area contributed by atoms with E-state index in [-0.39, 0.29) is 11.9 Å². The summed E-state index contributed by atoms with van der Waals surface area (Å²) in [5.74, 6) is 0.637. The van der Waals surface area contributed by atoms with Crippen molar-refractivity contribution in [2.75, 3.05) is 6.54 Å². The number of hydrogen-bond acceptors (Lipinski definition) is 1. The first-order chi connectivity index (χ1) is 6.77. The Kier molecular flexibility index (Phi) is 2.82. The molecule has 1 nitrogen and oxygen atoms in total. The second-order valence-electron chi connectivity index (χ2n) is 4.16. The van der Waals surface area contributed by atoms with E-state index >= 15 is 0 Å². The highest BCUT2D eigenvalue weighted by molar-refractivity contribution is 5.21. The number of benzene rings is 1. The Morgan fingerprint density at radius 3 is 2.71 bits per heavy atom. The van der Waals surface area contributed by atoms with Gasteiger partial charge in [-0.05, 0) is 31.4 Å². The van der Waals surface area contributed by atoms with Gasteiger partial charge in [0, 0.05) is 11.6 Å². The molecule has 2 heteroatoms. The quantitative estimate of drug-likeness (QED) is 0.723. The topological polar surface area (TPSA) is 12.0 Å². The molecule has 1 saturated heterocycles. The lowest BCUT2D eigenvalue weighted by molar-refractivity contribution is 0.327. The van der Waals surface area contributed by atoms with Crippen molar-refractivity contribution in [3.05, 3.63) is 35.6 Å². The molecule has 0 saturated carbocycles. The van der Waals surface area contributed by atoms with E-state index in [4.69, 9.17) is 0 Å². The van der Waals surface area contributed by atoms with Gasteiger partial charge in [0.1, 0.15) is 5.82 Å². The molecular weight excluding hydrogens is 177 g/mol. The molecule has 1 heterocycles. The van der Waals surface area contributed by atoms with Gasteiger partial charge in [0.2, 0.25) is 0 Å². The summed E-state index contributed by atoms with van der Waals surface area (Å²) < 4.78 is 13.4. The van der Waals surface area contributed by atoms with E-state index in [1.54, 1.807) is 6.07 Å². The first kappa shape index (κ1) is 9.66. The number of hydrogen-bond donors (Lipinski definition) is 1. The summed E-state index contributed by atoms with van der Waals surface area (Å²) in [6.07, 6.45) is 2.23. The van der Waals surface area contributed by atoms with Gasteiger partial charge in [-0.2, -0.15) is 0 Å². The van der Waals surface area contributed by atoms with E-state index in [0.717, 1.165) is 24.4 Å². The van der Waals surface area contributed by atoms with Crippen molar-refractivity contribution in [3.8, 4) is 0 Å². The lowest BCUT2D eigenvalue weighted by Crippen LogP contribution is -2.32. The van der Waals surface area contributed by atoms with Crippen LogP contribution in [0.2, 0.25) is 0 Å². The van der Waals surface area contributed by atoms with Crippen LogP contribution in [-0.4, -0.2) is 6.54 Å². The molecule has 2 rings (SSSR count). The second kappa shape index (κ2) is 4.09. The van der Waals surface area contributed by atoms with Crippen molar-refractivity contribution in [2.24, 2.45) is 5.92 Å². The van der Waals surface area contributed by atoms with Crippen LogP contribution < -0.4 is 5.32 Å². The minimum Gasteiger partial charge on any atom is -0.310 e. The average molecular weight is 193 g/mol. The normalized spacial score (nSPS) is 27.6. The van der Waals surface area contributed by atoms with Crippen LogP contribution >= 0.6 is 0 Å². The Hall–Kier alpha value is -0.890. The molecular formula is C12H16FN. The summed E-state index contributed by atoms with van der Waals surface area (Å²) in [6.45, 7) is 3.23. The maximum atomic E-state index is 13.4. The largest absolute Gasteiger partial charge is 0.310 e. The van der Waals surface area contributed by atoms with Crippen molar-refractivity contribution in [1.29, 1.82) is 0 Å². The monoisotopic (exact) mass is 193 g/mol. The molecule has 1 aliphatic rings. The third-order valence-corrected chi connectivity index (χ3v) is 2.94. The van der Waals surface area contributed by atoms with Gasteiger partial charge in [-0.15, -0.1) is 0 Å². The molecule has 14 heavy (non-hydrogen) atoms. The van der Waals surface area contributed by atoms with Crippen LogP contribution in [0.3, 0.4) is 0 Å². The molecule has 1 N–H and O–H groups in total. The zero-order valence-electron chi connectivity index (χ0n) is 8.46. The van der Waals surface area contributed by atoms with E-state index in [1.165, 1.54) is 12.5 Å². The predicted octanol–water partition coefficient (Wildman–Crippen LogP) is 2.89. The van der Waals surface area contributed by atoms with Gasteiger partial charge in [-0.3, -0.25) is 0 Å². The lowest BCUT2D eigenvalue weighted by Gasteiger charge is -2.28. The third-order valence-electron chi connectivity index (χ3n) is 2.94. The highest BCUT2D eigenvalue weighted by Crippen LogP contribution is 2.26. The fraction of sp³-hybridized carbons (Fsp3) is 0.500. The van der Waals surface area contributed by atoms with Gasteiger partial charge in [0.15, 0.2) is 0 Å². The summed E-state index contributed by atoms with van der Waals surface area (Å²) in [6, 6.07) is 7.27. The number of rotatable bonds is 1. The molecule has 2 atom stereocenters. The molecule has 0 aliphatic carbocycles. The average Bonchev–Trinajstić information content (AvgIpc) is 2.20. The zero-order valence-corrected chi connectivity index (χ0v) is 8.46. The zero-order chi connectivity index (χ0) is 9.97. The summed E-state index contributed by atoms with van der Waals surface area (Å²) in [5, 5.41) is 3.39. The number of halogens is 1. The smallest absolute Gasteiger partial charge is 0.127 e. The van der Waals surface area contributed by atoms with Crippen LogP contribution in [0.25, 0.3) is 0 Å². The molecule has 1 aromatic carbocycles. The molecule has 1 aliphatic heterocycles. The highest BCUT2D eigenvalue weighted by Gasteiger charge is 2.20. The Morgan fingerprint density at radius 1 is 1.29 bits per heavy atom. The van der Waals surface area contributed by atoms with Gasteiger partial charge in [0.25, 0.3) is 0 Å². The molecule has 0 aromatic heterocycles. The predicted molar refractivity (Wildman–Crippen MR) is 55.5 cm³/mol. The Bertz CT molecular complexity index is 303. The van der Waals surface area contributed by atoms with Crippen LogP contribution in [-0.2, 0) is 0 Å². The Labute approximate surface area is 84.3 Å². The summed E-state index contributed by atoms with van der Waals surface area (Å²) >= 11 is 0. The summed E-state index contributed by atoms with van der Waals surface area (Å²) in [5.41, 5.74) is 0.819. The Morgan fingerprint density at radius 2 is 2.07 bits per heavy atom. The van der Waals surface area contributed by atoms with Crippen molar-refractivity contribution in [1.82, 2.24) is 5.32 Å². The van der Waals surface area contributed by atoms with Crippen LogP contribution in [0.5, 0.6) is 0 Å². The fourth-order valence-electron chi connectivity index (χ4n) is 2.02. The maximum Gasteiger partial charge on any atom is 0.127 e. The molecule has 0 spiro atoms. The van der Waals surface area contributed by atoms with E-state index < -0.39 is 0 Å². The molecule has 76 valence electrons. The Balaban J connectivity index is 2.12. The van der Waals surface area contributed by atoms with Crippen LogP contribution in [0, 0.1) is 11.7 Å². The number of piperidine rings is 1. The molecule has 1 fully saturated rings. The van der Waals surface area contributed by atoms with E-state index in [0.29, 0.717) is 0 Å². The van der Waals surface area contributed by atoms with Crippen molar-refractivity contribution in [2.45, 2.75) is 25.8 Å². The van der Waals surface area contributed by atoms with Gasteiger partial charge in [-0.1, -0.05) is 25.1 Å². The fourth-order valence-corrected chi connectivity index (χ4v) is 2.02. The molecule has 2 unspecified atom stereocenters. The minimum atomic E-state index is -0.0837. The van der Waals surface area contributed by atoms with Crippen LogP contribution in [0.15, 0.2) is 24.3 Å². The van der Waals surface area contributed by atoms with E-state index in [1.807, 2.05) is 12.1 Å². The highest BCUT2D eigenvalue weighted by atomic mass is 19.1. The van der Waals surface area contributed by atoms with Gasteiger partial charge in [-0.25, -0.2) is 4.39 Å². The van der Waals surface area contributed by atoms with E-state index in [9.17, 15) is 4.39 Å². The SMILES string of the molecule is CC1CCC(c2ccccc2F)NC1. The first-order valence-electron chi connectivity index (χ1n) is 5.25. The maximum absolute atomic E-state index is 13.4. The van der Waals surface area contributed by atoms with Crippen molar-refractivity contribution >= 4 is 0 Å². The van der Waals surface area contributed by atoms with Gasteiger partial charge in [0.05, 0.1) is 0 Å². The van der Waals surface area contributed by atoms with Gasteiger partial charge >= 0.3 is 0 Å². The molecule has 0 bridgehead atoms. The summed E-state index contributed by atoms with van der Waals surface area (Å²) in [7, 11) is 0. The van der Waals surface area contributed by atoms with Crippen molar-refractivity contribution in [3.63, 3.8) is 0 Å². The first-order valence-corrected chi connectivity index (χ1v) is 5.25. The van der Waals surface area contributed by atoms with Crippen LogP contribution in [0.1, 0.15) is 31.4 Å². The number of nitrogens with one attached hydrogen (secondary N) is 1. The standard InChI is InChI=1S/C12H16FN/c1-9-6-7-12(14-8-9)10-4-2-3-5-11(10)13/h2-5,9,12,14H,6-8H2,1H3. The van der Waals surface area contributed by atoms with Gasteiger partial charge < -0.3 is 5.32 Å². The molecule has 1 aromatic rings. The minimum absolute atomic E-state index is 0.0837. The third kappa shape index (κ3) is 1.95. The van der Waals surface area contributed by atoms with Crippen molar-refractivity contribution < 1.29 is 4.39 Å². The lowest BCUT2D eigenvalue weighted by atomic mass is 9.92. The second-order valence-corrected chi connectivity index (χ2v) is 4.16. The molecule has 0 radical (unpaired) electrons. The van der Waals surface area contributed by atoms with E-state index in [2.05, 4.69) is 12.2 Å². The van der Waals surface area contributed by atoms with Crippen LogP contribution in [0.4, 0.5) is 4.39 Å².